The van der Waals surface area contributed by atoms with Crippen molar-refractivity contribution in [2.45, 2.75) is 6.92 Å². The number of nitro groups is 1. The van der Waals surface area contributed by atoms with Gasteiger partial charge in [-0.05, 0) is 42.8 Å². The lowest BCUT2D eigenvalue weighted by atomic mass is 10.2. The first-order chi connectivity index (χ1) is 8.99. The lowest BCUT2D eigenvalue weighted by Crippen LogP contribution is -1.98. The van der Waals surface area contributed by atoms with Crippen LogP contribution in [0.2, 0.25) is 0 Å². The third-order valence-electron chi connectivity index (χ3n) is 2.57. The fourth-order valence-corrected chi connectivity index (χ4v) is 1.87. The minimum atomic E-state index is -0.545. The predicted octanol–water partition coefficient (Wildman–Crippen LogP) is 4.04. The van der Waals surface area contributed by atoms with Crippen molar-refractivity contribution in [1.82, 2.24) is 0 Å². The average molecular weight is 323 g/mol. The summed E-state index contributed by atoms with van der Waals surface area (Å²) in [6.45, 7) is 1.91. The summed E-state index contributed by atoms with van der Waals surface area (Å²) < 4.78 is 6.49. The van der Waals surface area contributed by atoms with E-state index in [9.17, 15) is 10.1 Å². The molecule has 0 saturated carbocycles. The quantitative estimate of drug-likeness (QED) is 0.525. The maximum absolute atomic E-state index is 11.0. The van der Waals surface area contributed by atoms with Crippen LogP contribution in [0, 0.1) is 17.0 Å². The summed E-state index contributed by atoms with van der Waals surface area (Å²) in [6.07, 6.45) is 0. The smallest absolute Gasteiger partial charge is 0.334 e. The van der Waals surface area contributed by atoms with Gasteiger partial charge in [0.05, 0.1) is 4.92 Å². The number of hydrogen-bond donors (Lipinski definition) is 1. The van der Waals surface area contributed by atoms with Crippen LogP contribution in [0.15, 0.2) is 40.9 Å². The minimum absolute atomic E-state index is 0.0799. The first-order valence-corrected chi connectivity index (χ1v) is 6.25. The molecule has 0 fully saturated rings. The van der Waals surface area contributed by atoms with Crippen LogP contribution in [0.25, 0.3) is 0 Å². The van der Waals surface area contributed by atoms with Crippen molar-refractivity contribution in [2.24, 2.45) is 0 Å². The molecule has 2 N–H and O–H groups in total. The number of nitro benzene ring substituents is 1. The SMILES string of the molecule is Cc1cc(Oc2cccc(N)c2[N+](=O)[O-])ccc1Br. The summed E-state index contributed by atoms with van der Waals surface area (Å²) >= 11 is 3.38. The van der Waals surface area contributed by atoms with Crippen molar-refractivity contribution in [3.63, 3.8) is 0 Å². The molecule has 0 aliphatic carbocycles. The fraction of sp³-hybridized carbons (Fsp3) is 0.0769. The zero-order valence-electron chi connectivity index (χ0n) is 10.1. The van der Waals surface area contributed by atoms with Gasteiger partial charge in [-0.15, -0.1) is 0 Å². The zero-order chi connectivity index (χ0) is 14.0. The van der Waals surface area contributed by atoms with E-state index in [1.54, 1.807) is 18.2 Å². The lowest BCUT2D eigenvalue weighted by Gasteiger charge is -2.08. The average Bonchev–Trinajstić information content (AvgIpc) is 2.33. The maximum Gasteiger partial charge on any atom is 0.334 e. The highest BCUT2D eigenvalue weighted by atomic mass is 79.9. The van der Waals surface area contributed by atoms with Gasteiger partial charge in [-0.1, -0.05) is 22.0 Å². The number of halogens is 1. The molecule has 2 rings (SSSR count). The number of ether oxygens (including phenoxy) is 1. The van der Waals surface area contributed by atoms with Gasteiger partial charge in [0.1, 0.15) is 11.4 Å². The van der Waals surface area contributed by atoms with Crippen molar-refractivity contribution in [3.05, 3.63) is 56.5 Å². The Bertz CT molecular complexity index is 644. The molecule has 5 nitrogen and oxygen atoms in total. The number of rotatable bonds is 3. The van der Waals surface area contributed by atoms with Crippen LogP contribution in [0.4, 0.5) is 11.4 Å². The zero-order valence-corrected chi connectivity index (χ0v) is 11.7. The number of nitrogens with two attached hydrogens (primary N) is 1. The minimum Gasteiger partial charge on any atom is -0.450 e. The van der Waals surface area contributed by atoms with Gasteiger partial charge in [0.25, 0.3) is 0 Å². The van der Waals surface area contributed by atoms with Crippen molar-refractivity contribution < 1.29 is 9.66 Å². The van der Waals surface area contributed by atoms with Gasteiger partial charge < -0.3 is 10.5 Å². The first kappa shape index (κ1) is 13.4. The van der Waals surface area contributed by atoms with Crippen molar-refractivity contribution in [1.29, 1.82) is 0 Å². The van der Waals surface area contributed by atoms with E-state index >= 15 is 0 Å². The number of anilines is 1. The van der Waals surface area contributed by atoms with Gasteiger partial charge >= 0.3 is 5.69 Å². The van der Waals surface area contributed by atoms with Gasteiger partial charge in [-0.3, -0.25) is 10.1 Å². The Morgan fingerprint density at radius 1 is 1.32 bits per heavy atom. The molecule has 0 saturated heterocycles. The molecule has 0 unspecified atom stereocenters. The topological polar surface area (TPSA) is 78.4 Å². The lowest BCUT2D eigenvalue weighted by molar-refractivity contribution is -0.384. The summed E-state index contributed by atoms with van der Waals surface area (Å²) in [5.41, 5.74) is 6.44. The van der Waals surface area contributed by atoms with Gasteiger partial charge in [-0.2, -0.15) is 0 Å². The van der Waals surface area contributed by atoms with Crippen molar-refractivity contribution >= 4 is 27.3 Å². The molecule has 0 aliphatic rings. The summed E-state index contributed by atoms with van der Waals surface area (Å²) in [5.74, 6) is 0.654. The molecule has 0 heterocycles. The Morgan fingerprint density at radius 3 is 2.68 bits per heavy atom. The highest BCUT2D eigenvalue weighted by molar-refractivity contribution is 9.10. The monoisotopic (exact) mass is 322 g/mol. The fourth-order valence-electron chi connectivity index (χ4n) is 1.62. The van der Waals surface area contributed by atoms with Crippen molar-refractivity contribution in [2.75, 3.05) is 5.73 Å². The number of hydrogen-bond acceptors (Lipinski definition) is 4. The number of nitrogen functional groups attached to an aromatic ring is 1. The van der Waals surface area contributed by atoms with Crippen LogP contribution in [-0.2, 0) is 0 Å². The summed E-state index contributed by atoms with van der Waals surface area (Å²) in [6, 6.07) is 9.94. The van der Waals surface area contributed by atoms with E-state index in [2.05, 4.69) is 15.9 Å². The van der Waals surface area contributed by atoms with E-state index in [0.717, 1.165) is 10.0 Å². The molecule has 0 bridgehead atoms. The number of aryl methyl sites for hydroxylation is 1. The molecular formula is C13H11BrN2O3. The van der Waals surface area contributed by atoms with E-state index in [1.807, 2.05) is 13.0 Å². The second-order valence-electron chi connectivity index (χ2n) is 3.96. The Hall–Kier alpha value is -2.08. The van der Waals surface area contributed by atoms with E-state index in [4.69, 9.17) is 10.5 Å². The van der Waals surface area contributed by atoms with Crippen LogP contribution in [0.5, 0.6) is 11.5 Å². The standard InChI is InChI=1S/C13H11BrN2O3/c1-8-7-9(5-6-10(8)14)19-12-4-2-3-11(15)13(12)16(17)18/h2-7H,15H2,1H3. The second kappa shape index (κ2) is 5.27. The molecule has 6 heteroatoms. The third-order valence-corrected chi connectivity index (χ3v) is 3.46. The number of para-hydroxylation sites is 1. The summed E-state index contributed by atoms with van der Waals surface area (Å²) in [4.78, 5) is 10.4. The van der Waals surface area contributed by atoms with Crippen LogP contribution in [0.3, 0.4) is 0 Å². The second-order valence-corrected chi connectivity index (χ2v) is 4.82. The van der Waals surface area contributed by atoms with Gasteiger partial charge in [0.2, 0.25) is 5.75 Å². The molecular weight excluding hydrogens is 312 g/mol. The Kier molecular flexibility index (Phi) is 3.71. The molecule has 0 amide bonds. The molecule has 2 aromatic rings. The van der Waals surface area contributed by atoms with Gasteiger partial charge in [0, 0.05) is 4.47 Å². The van der Waals surface area contributed by atoms with E-state index < -0.39 is 4.92 Å². The Labute approximate surface area is 118 Å². The van der Waals surface area contributed by atoms with E-state index in [0.29, 0.717) is 5.75 Å². The van der Waals surface area contributed by atoms with E-state index in [1.165, 1.54) is 12.1 Å². The Morgan fingerprint density at radius 2 is 2.05 bits per heavy atom. The molecule has 0 radical (unpaired) electrons. The number of benzene rings is 2. The highest BCUT2D eigenvalue weighted by Crippen LogP contribution is 2.36. The first-order valence-electron chi connectivity index (χ1n) is 5.46. The van der Waals surface area contributed by atoms with Gasteiger partial charge in [-0.25, -0.2) is 0 Å². The summed E-state index contributed by atoms with van der Waals surface area (Å²) in [5, 5.41) is 11.0. The molecule has 98 valence electrons. The van der Waals surface area contributed by atoms with Crippen LogP contribution in [0.1, 0.15) is 5.56 Å². The number of nitrogens with zero attached hydrogens (tertiary/aromatic N) is 1. The van der Waals surface area contributed by atoms with Crippen molar-refractivity contribution in [3.8, 4) is 11.5 Å². The largest absolute Gasteiger partial charge is 0.450 e. The third kappa shape index (κ3) is 2.85. The molecule has 0 spiro atoms. The normalized spacial score (nSPS) is 10.2. The Balaban J connectivity index is 2.40. The van der Waals surface area contributed by atoms with Crippen LogP contribution in [-0.4, -0.2) is 4.92 Å². The van der Waals surface area contributed by atoms with Crippen LogP contribution < -0.4 is 10.5 Å². The van der Waals surface area contributed by atoms with Gasteiger partial charge in [0.15, 0.2) is 0 Å². The molecule has 0 aromatic heterocycles. The molecule has 0 aliphatic heterocycles. The predicted molar refractivity (Wildman–Crippen MR) is 76.5 cm³/mol. The van der Waals surface area contributed by atoms with E-state index in [-0.39, 0.29) is 17.1 Å². The molecule has 19 heavy (non-hydrogen) atoms. The summed E-state index contributed by atoms with van der Waals surface area (Å²) in [7, 11) is 0. The maximum atomic E-state index is 11.0. The highest BCUT2D eigenvalue weighted by Gasteiger charge is 2.19. The molecule has 0 atom stereocenters. The van der Waals surface area contributed by atoms with Crippen LogP contribution >= 0.6 is 15.9 Å². The molecule has 2 aromatic carbocycles.